The Balaban J connectivity index is 0.000000659. The van der Waals surface area contributed by atoms with Crippen LogP contribution < -0.4 is 0 Å². The van der Waals surface area contributed by atoms with Gasteiger partial charge in [0.05, 0.1) is 0 Å². The second-order valence-corrected chi connectivity index (χ2v) is 3.94. The van der Waals surface area contributed by atoms with E-state index in [2.05, 4.69) is 55.5 Å². The molecule has 1 unspecified atom stereocenters. The average Bonchev–Trinajstić information content (AvgIpc) is 2.69. The van der Waals surface area contributed by atoms with Gasteiger partial charge in [-0.25, -0.2) is 0 Å². The highest BCUT2D eigenvalue weighted by Crippen LogP contribution is 2.22. The first-order valence-electron chi connectivity index (χ1n) is 7.30. The van der Waals surface area contributed by atoms with Crippen molar-refractivity contribution in [2.75, 3.05) is 0 Å². The topological polar surface area (TPSA) is 0 Å². The van der Waals surface area contributed by atoms with Gasteiger partial charge in [-0.1, -0.05) is 83.2 Å². The molecule has 0 nitrogen and oxygen atoms in total. The molecule has 0 spiro atoms. The van der Waals surface area contributed by atoms with E-state index in [1.165, 1.54) is 24.0 Å². The van der Waals surface area contributed by atoms with Crippen molar-refractivity contribution >= 4 is 5.57 Å². The molecule has 0 saturated heterocycles. The fraction of sp³-hybridized carbons (Fsp3) is 0.444. The van der Waals surface area contributed by atoms with Crippen LogP contribution in [0.1, 0.15) is 53.0 Å². The van der Waals surface area contributed by atoms with Crippen LogP contribution in [0.5, 0.6) is 0 Å². The van der Waals surface area contributed by atoms with Crippen molar-refractivity contribution in [3.63, 3.8) is 0 Å². The normalized spacial score (nSPS) is 17.4. The molecule has 1 atom stereocenters. The fourth-order valence-electron chi connectivity index (χ4n) is 1.78. The largest absolute Gasteiger partial charge is 0.0811 e. The van der Waals surface area contributed by atoms with Crippen molar-refractivity contribution in [3.8, 4) is 0 Å². The van der Waals surface area contributed by atoms with Crippen molar-refractivity contribution in [3.05, 3.63) is 54.1 Å². The van der Waals surface area contributed by atoms with Crippen molar-refractivity contribution < 1.29 is 0 Å². The SMILES string of the molecule is CC.CC.CC1C=CC(c2ccccc2)=CCC1. The minimum atomic E-state index is 0.715. The van der Waals surface area contributed by atoms with Gasteiger partial charge in [0.25, 0.3) is 0 Å². The molecule has 0 radical (unpaired) electrons. The van der Waals surface area contributed by atoms with Gasteiger partial charge in [-0.2, -0.15) is 0 Å². The van der Waals surface area contributed by atoms with E-state index >= 15 is 0 Å². The molecule has 1 aromatic carbocycles. The number of rotatable bonds is 1. The third kappa shape index (κ3) is 5.86. The molecule has 1 aliphatic carbocycles. The lowest BCUT2D eigenvalue weighted by Gasteiger charge is -2.00. The standard InChI is InChI=1S/C14H16.2C2H6/c1-12-6-5-9-14(11-10-12)13-7-3-2-4-8-13;2*1-2/h2-4,7-12H,5-6H2,1H3;2*1-2H3. The third-order valence-corrected chi connectivity index (χ3v) is 2.70. The summed E-state index contributed by atoms with van der Waals surface area (Å²) in [7, 11) is 0. The zero-order chi connectivity index (χ0) is 13.8. The zero-order valence-electron chi connectivity index (χ0n) is 12.6. The van der Waals surface area contributed by atoms with Crippen LogP contribution in [0.15, 0.2) is 48.6 Å². The van der Waals surface area contributed by atoms with Gasteiger partial charge in [0.15, 0.2) is 0 Å². The van der Waals surface area contributed by atoms with Crippen LogP contribution in [-0.4, -0.2) is 0 Å². The Kier molecular flexibility index (Phi) is 10.0. The van der Waals surface area contributed by atoms with Crippen molar-refractivity contribution in [2.45, 2.75) is 47.5 Å². The second-order valence-electron chi connectivity index (χ2n) is 3.94. The maximum absolute atomic E-state index is 2.34. The number of hydrogen-bond donors (Lipinski definition) is 0. The van der Waals surface area contributed by atoms with Gasteiger partial charge in [-0.15, -0.1) is 0 Å². The second kappa shape index (κ2) is 10.8. The molecule has 0 saturated carbocycles. The zero-order valence-corrected chi connectivity index (χ0v) is 12.6. The van der Waals surface area contributed by atoms with E-state index < -0.39 is 0 Å². The molecular formula is C18H28. The van der Waals surface area contributed by atoms with Crippen LogP contribution in [0, 0.1) is 5.92 Å². The van der Waals surface area contributed by atoms with Crippen molar-refractivity contribution in [2.24, 2.45) is 5.92 Å². The Morgan fingerprint density at radius 1 is 0.944 bits per heavy atom. The molecule has 0 aromatic heterocycles. The third-order valence-electron chi connectivity index (χ3n) is 2.70. The lowest BCUT2D eigenvalue weighted by molar-refractivity contribution is 0.662. The predicted molar refractivity (Wildman–Crippen MR) is 84.7 cm³/mol. The van der Waals surface area contributed by atoms with E-state index in [1.54, 1.807) is 0 Å². The summed E-state index contributed by atoms with van der Waals surface area (Å²) in [5.41, 5.74) is 2.70. The number of hydrogen-bond acceptors (Lipinski definition) is 0. The maximum Gasteiger partial charge on any atom is -0.0187 e. The molecule has 0 aliphatic heterocycles. The van der Waals surface area contributed by atoms with E-state index in [9.17, 15) is 0 Å². The highest BCUT2D eigenvalue weighted by molar-refractivity contribution is 5.74. The molecule has 0 fully saturated rings. The fourth-order valence-corrected chi connectivity index (χ4v) is 1.78. The Morgan fingerprint density at radius 2 is 1.56 bits per heavy atom. The Morgan fingerprint density at radius 3 is 2.17 bits per heavy atom. The van der Waals surface area contributed by atoms with Crippen molar-refractivity contribution in [1.29, 1.82) is 0 Å². The molecule has 0 heterocycles. The minimum Gasteiger partial charge on any atom is -0.0811 e. The van der Waals surface area contributed by atoms with Crippen LogP contribution in [0.25, 0.3) is 5.57 Å². The summed E-state index contributed by atoms with van der Waals surface area (Å²) in [6.45, 7) is 10.3. The summed E-state index contributed by atoms with van der Waals surface area (Å²) in [5, 5.41) is 0. The summed E-state index contributed by atoms with van der Waals surface area (Å²) in [5.74, 6) is 0.715. The highest BCUT2D eigenvalue weighted by Gasteiger charge is 2.03. The molecule has 0 bridgehead atoms. The number of benzene rings is 1. The first-order chi connectivity index (χ1) is 8.86. The van der Waals surface area contributed by atoms with E-state index in [4.69, 9.17) is 0 Å². The van der Waals surface area contributed by atoms with Gasteiger partial charge in [0.1, 0.15) is 0 Å². The van der Waals surface area contributed by atoms with Gasteiger partial charge in [0, 0.05) is 0 Å². The van der Waals surface area contributed by atoms with Gasteiger partial charge in [-0.05, 0) is 29.9 Å². The van der Waals surface area contributed by atoms with Gasteiger partial charge < -0.3 is 0 Å². The minimum absolute atomic E-state index is 0.715. The molecule has 0 N–H and O–H groups in total. The molecule has 0 amide bonds. The van der Waals surface area contributed by atoms with E-state index in [0.717, 1.165) is 0 Å². The van der Waals surface area contributed by atoms with Crippen LogP contribution in [0.2, 0.25) is 0 Å². The first-order valence-corrected chi connectivity index (χ1v) is 7.30. The van der Waals surface area contributed by atoms with Crippen LogP contribution in [0.3, 0.4) is 0 Å². The van der Waals surface area contributed by atoms with Crippen LogP contribution in [-0.2, 0) is 0 Å². The smallest absolute Gasteiger partial charge is 0.0187 e. The van der Waals surface area contributed by atoms with Crippen molar-refractivity contribution in [1.82, 2.24) is 0 Å². The van der Waals surface area contributed by atoms with Gasteiger partial charge >= 0.3 is 0 Å². The van der Waals surface area contributed by atoms with E-state index in [0.29, 0.717) is 5.92 Å². The summed E-state index contributed by atoms with van der Waals surface area (Å²) in [4.78, 5) is 0. The monoisotopic (exact) mass is 244 g/mol. The molecule has 0 heteroatoms. The first kappa shape index (κ1) is 16.7. The number of allylic oxidation sites excluding steroid dienone is 4. The maximum atomic E-state index is 2.34. The molecule has 1 aliphatic rings. The molecular weight excluding hydrogens is 216 g/mol. The highest BCUT2D eigenvalue weighted by atomic mass is 14.1. The lowest BCUT2D eigenvalue weighted by atomic mass is 10.1. The Hall–Kier alpha value is -1.30. The van der Waals surface area contributed by atoms with Crippen LogP contribution >= 0.6 is 0 Å². The summed E-state index contributed by atoms with van der Waals surface area (Å²) in [6.07, 6.45) is 9.37. The Labute approximate surface area is 113 Å². The van der Waals surface area contributed by atoms with E-state index in [1.807, 2.05) is 27.7 Å². The quantitative estimate of drug-likeness (QED) is 0.559. The summed E-state index contributed by atoms with van der Waals surface area (Å²) < 4.78 is 0. The van der Waals surface area contributed by atoms with E-state index in [-0.39, 0.29) is 0 Å². The van der Waals surface area contributed by atoms with Crippen LogP contribution in [0.4, 0.5) is 0 Å². The van der Waals surface area contributed by atoms with Gasteiger partial charge in [0.2, 0.25) is 0 Å². The molecule has 2 rings (SSSR count). The van der Waals surface area contributed by atoms with Gasteiger partial charge in [-0.3, -0.25) is 0 Å². The molecule has 1 aromatic rings. The lowest BCUT2D eigenvalue weighted by Crippen LogP contribution is -1.84. The molecule has 18 heavy (non-hydrogen) atoms. The summed E-state index contributed by atoms with van der Waals surface area (Å²) >= 11 is 0. The average molecular weight is 244 g/mol. The molecule has 100 valence electrons. The predicted octanol–water partition coefficient (Wildman–Crippen LogP) is 6.11. The Bertz CT molecular complexity index is 344. The summed E-state index contributed by atoms with van der Waals surface area (Å²) in [6, 6.07) is 10.6.